The largest absolute Gasteiger partial charge is 0.379 e. The third-order valence-corrected chi connectivity index (χ3v) is 5.45. The zero-order valence-corrected chi connectivity index (χ0v) is 18.2. The first-order valence-electron chi connectivity index (χ1n) is 10.8. The molecule has 0 spiro atoms. The van der Waals surface area contributed by atoms with Crippen LogP contribution in [0.1, 0.15) is 18.2 Å². The lowest BCUT2D eigenvalue weighted by Gasteiger charge is -2.12. The first-order chi connectivity index (χ1) is 16.3. The molecule has 3 heterocycles. The average molecular weight is 434 g/mol. The molecule has 3 aromatic heterocycles. The normalized spacial score (nSPS) is 11.3. The monoisotopic (exact) mass is 433 g/mol. The number of rotatable bonds is 7. The van der Waals surface area contributed by atoms with Crippen LogP contribution < -0.4 is 5.32 Å². The summed E-state index contributed by atoms with van der Waals surface area (Å²) in [6, 6.07) is 22.6. The highest BCUT2D eigenvalue weighted by atomic mass is 15.5. The van der Waals surface area contributed by atoms with Crippen LogP contribution in [0.2, 0.25) is 0 Å². The zero-order valence-electron chi connectivity index (χ0n) is 18.2. The second-order valence-electron chi connectivity index (χ2n) is 7.65. The molecular formula is C26H23N7. The van der Waals surface area contributed by atoms with Gasteiger partial charge in [-0.15, -0.1) is 5.10 Å². The molecule has 0 atom stereocenters. The number of hydrogen-bond acceptors (Lipinski definition) is 6. The number of aromatic amines is 1. The van der Waals surface area contributed by atoms with Crippen LogP contribution in [-0.2, 0) is 13.0 Å². The van der Waals surface area contributed by atoms with Gasteiger partial charge in [-0.1, -0.05) is 60.7 Å². The summed E-state index contributed by atoms with van der Waals surface area (Å²) in [5, 5.41) is 17.9. The van der Waals surface area contributed by atoms with Crippen LogP contribution >= 0.6 is 0 Å². The third kappa shape index (κ3) is 4.48. The van der Waals surface area contributed by atoms with Crippen molar-refractivity contribution in [3.05, 3.63) is 96.3 Å². The zero-order chi connectivity index (χ0) is 22.5. The highest BCUT2D eigenvalue weighted by molar-refractivity contribution is 5.87. The molecule has 2 aromatic carbocycles. The Bertz CT molecular complexity index is 1390. The Morgan fingerprint density at radius 1 is 0.970 bits per heavy atom. The summed E-state index contributed by atoms with van der Waals surface area (Å²) < 4.78 is 0. The molecule has 0 fully saturated rings. The van der Waals surface area contributed by atoms with Gasteiger partial charge in [0.25, 0.3) is 0 Å². The van der Waals surface area contributed by atoms with Crippen molar-refractivity contribution < 1.29 is 0 Å². The Labute approximate surface area is 191 Å². The summed E-state index contributed by atoms with van der Waals surface area (Å²) in [4.78, 5) is 9.27. The molecule has 5 rings (SSSR count). The van der Waals surface area contributed by atoms with Crippen LogP contribution in [0.15, 0.2) is 85.1 Å². The van der Waals surface area contributed by atoms with Crippen molar-refractivity contribution in [2.75, 3.05) is 5.32 Å². The van der Waals surface area contributed by atoms with E-state index in [-0.39, 0.29) is 0 Å². The Balaban J connectivity index is 1.38. The van der Waals surface area contributed by atoms with Gasteiger partial charge in [-0.2, -0.15) is 0 Å². The van der Waals surface area contributed by atoms with E-state index in [0.29, 0.717) is 12.4 Å². The van der Waals surface area contributed by atoms with E-state index in [1.54, 1.807) is 6.20 Å². The van der Waals surface area contributed by atoms with Gasteiger partial charge in [-0.25, -0.2) is 5.10 Å². The molecule has 0 amide bonds. The number of aromatic nitrogens is 6. The molecule has 162 valence electrons. The third-order valence-electron chi connectivity index (χ3n) is 5.45. The smallest absolute Gasteiger partial charge is 0.180 e. The lowest BCUT2D eigenvalue weighted by Crippen LogP contribution is -2.03. The van der Waals surface area contributed by atoms with Crippen LogP contribution in [0.4, 0.5) is 5.69 Å². The van der Waals surface area contributed by atoms with Crippen LogP contribution in [0.3, 0.4) is 0 Å². The van der Waals surface area contributed by atoms with E-state index in [2.05, 4.69) is 73.4 Å². The van der Waals surface area contributed by atoms with Gasteiger partial charge in [0, 0.05) is 30.4 Å². The SMILES string of the molecule is CC=CCc1cc(NCc2ccc(-c3ccccc3-c3nnn[nH]3)cc2)c2ncccc2n1. The molecule has 0 aliphatic carbocycles. The number of tetrazole rings is 1. The first-order valence-corrected chi connectivity index (χ1v) is 10.8. The maximum absolute atomic E-state index is 4.73. The van der Waals surface area contributed by atoms with Crippen LogP contribution in [-0.4, -0.2) is 30.6 Å². The number of H-pyrrole nitrogens is 1. The quantitative estimate of drug-likeness (QED) is 0.342. The lowest BCUT2D eigenvalue weighted by molar-refractivity contribution is 0.881. The van der Waals surface area contributed by atoms with E-state index in [1.807, 2.05) is 43.3 Å². The van der Waals surface area contributed by atoms with Gasteiger partial charge in [0.2, 0.25) is 0 Å². The van der Waals surface area contributed by atoms with Crippen molar-refractivity contribution in [2.45, 2.75) is 19.9 Å². The van der Waals surface area contributed by atoms with Gasteiger partial charge in [0.15, 0.2) is 5.82 Å². The number of nitrogens with zero attached hydrogens (tertiary/aromatic N) is 5. The second-order valence-corrected chi connectivity index (χ2v) is 7.65. The van der Waals surface area contributed by atoms with Crippen LogP contribution in [0, 0.1) is 0 Å². The van der Waals surface area contributed by atoms with E-state index < -0.39 is 0 Å². The number of pyridine rings is 2. The Morgan fingerprint density at radius 3 is 2.61 bits per heavy atom. The number of benzene rings is 2. The van der Waals surface area contributed by atoms with Gasteiger partial charge in [-0.05, 0) is 52.2 Å². The average Bonchev–Trinajstić information content (AvgIpc) is 3.41. The molecule has 0 aliphatic rings. The molecule has 7 heteroatoms. The summed E-state index contributed by atoms with van der Waals surface area (Å²) in [5.41, 5.74) is 8.12. The summed E-state index contributed by atoms with van der Waals surface area (Å²) in [6.07, 6.45) is 6.75. The van der Waals surface area contributed by atoms with E-state index in [1.165, 1.54) is 5.56 Å². The Morgan fingerprint density at radius 2 is 1.82 bits per heavy atom. The number of hydrogen-bond donors (Lipinski definition) is 2. The standard InChI is InChI=1S/C26H23N7/c1-2-3-7-20-16-24(25-23(29-20)10-6-15-27-25)28-17-18-11-13-19(14-12-18)21-8-4-5-9-22(21)26-30-32-33-31-26/h2-6,8-16H,7,17H2,1H3,(H,28,29)(H,30,31,32,33). The molecule has 0 unspecified atom stereocenters. The van der Waals surface area contributed by atoms with E-state index >= 15 is 0 Å². The summed E-state index contributed by atoms with van der Waals surface area (Å²) in [7, 11) is 0. The predicted octanol–water partition coefficient (Wildman–Crippen LogP) is 5.21. The molecule has 2 N–H and O–H groups in total. The van der Waals surface area contributed by atoms with Crippen LogP contribution in [0.5, 0.6) is 0 Å². The number of allylic oxidation sites excluding steroid dienone is 2. The molecule has 0 radical (unpaired) electrons. The van der Waals surface area contributed by atoms with E-state index in [9.17, 15) is 0 Å². The highest BCUT2D eigenvalue weighted by Crippen LogP contribution is 2.30. The van der Waals surface area contributed by atoms with Gasteiger partial charge in [0.1, 0.15) is 5.52 Å². The topological polar surface area (TPSA) is 92.3 Å². The fourth-order valence-corrected chi connectivity index (χ4v) is 3.81. The van der Waals surface area contributed by atoms with Crippen molar-refractivity contribution in [3.63, 3.8) is 0 Å². The van der Waals surface area contributed by atoms with Gasteiger partial charge < -0.3 is 5.32 Å². The van der Waals surface area contributed by atoms with Crippen molar-refractivity contribution in [2.24, 2.45) is 0 Å². The molecule has 33 heavy (non-hydrogen) atoms. The molecule has 0 aliphatic heterocycles. The van der Waals surface area contributed by atoms with Crippen LogP contribution in [0.25, 0.3) is 33.5 Å². The predicted molar refractivity (Wildman–Crippen MR) is 130 cm³/mol. The maximum Gasteiger partial charge on any atom is 0.180 e. The molecule has 0 saturated heterocycles. The van der Waals surface area contributed by atoms with Crippen molar-refractivity contribution in [1.29, 1.82) is 0 Å². The minimum Gasteiger partial charge on any atom is -0.379 e. The minimum absolute atomic E-state index is 0.655. The Kier molecular flexibility index (Phi) is 5.84. The van der Waals surface area contributed by atoms with Crippen molar-refractivity contribution >= 4 is 16.7 Å². The molecular weight excluding hydrogens is 410 g/mol. The summed E-state index contributed by atoms with van der Waals surface area (Å²) in [6.45, 7) is 2.71. The number of fused-ring (bicyclic) bond motifs is 1. The summed E-state index contributed by atoms with van der Waals surface area (Å²) in [5.74, 6) is 0.655. The molecule has 0 bridgehead atoms. The van der Waals surface area contributed by atoms with Gasteiger partial charge in [0.05, 0.1) is 11.2 Å². The maximum atomic E-state index is 4.73. The highest BCUT2D eigenvalue weighted by Gasteiger charge is 2.10. The fraction of sp³-hybridized carbons (Fsp3) is 0.115. The van der Waals surface area contributed by atoms with Gasteiger partial charge >= 0.3 is 0 Å². The fourth-order valence-electron chi connectivity index (χ4n) is 3.81. The molecule has 7 nitrogen and oxygen atoms in total. The van der Waals surface area contributed by atoms with E-state index in [0.717, 1.165) is 45.5 Å². The minimum atomic E-state index is 0.655. The second kappa shape index (κ2) is 9.40. The number of anilines is 1. The van der Waals surface area contributed by atoms with Crippen molar-refractivity contribution in [1.82, 2.24) is 30.6 Å². The lowest BCUT2D eigenvalue weighted by atomic mass is 9.98. The van der Waals surface area contributed by atoms with Crippen molar-refractivity contribution in [3.8, 4) is 22.5 Å². The summed E-state index contributed by atoms with van der Waals surface area (Å²) >= 11 is 0. The Hall–Kier alpha value is -4.39. The first kappa shape index (κ1) is 20.5. The molecule has 5 aromatic rings. The van der Waals surface area contributed by atoms with Gasteiger partial charge in [-0.3, -0.25) is 9.97 Å². The van der Waals surface area contributed by atoms with E-state index in [4.69, 9.17) is 4.98 Å². The molecule has 0 saturated carbocycles. The number of nitrogens with one attached hydrogen (secondary N) is 2.